The van der Waals surface area contributed by atoms with Crippen LogP contribution in [-0.4, -0.2) is 45.2 Å². The first-order valence-electron chi connectivity index (χ1n) is 6.34. The Morgan fingerprint density at radius 2 is 2.00 bits per heavy atom. The molecular weight excluding hydrogens is 312 g/mol. The fourth-order valence-electron chi connectivity index (χ4n) is 3.17. The van der Waals surface area contributed by atoms with Crippen molar-refractivity contribution in [1.82, 2.24) is 14.9 Å². The van der Waals surface area contributed by atoms with E-state index in [0.29, 0.717) is 31.0 Å². The van der Waals surface area contributed by atoms with Crippen molar-refractivity contribution in [2.75, 3.05) is 18.4 Å². The summed E-state index contributed by atoms with van der Waals surface area (Å²) < 4.78 is 0.721. The second-order valence-electron chi connectivity index (χ2n) is 5.24. The molecule has 0 aromatic carbocycles. The van der Waals surface area contributed by atoms with Crippen molar-refractivity contribution in [2.45, 2.75) is 18.9 Å². The zero-order valence-electron chi connectivity index (χ0n) is 10.3. The Balaban J connectivity index is 1.57. The summed E-state index contributed by atoms with van der Waals surface area (Å²) in [5.74, 6) is 1.75. The third-order valence-electron chi connectivity index (χ3n) is 3.99. The molecule has 1 aliphatic carbocycles. The van der Waals surface area contributed by atoms with Crippen LogP contribution in [0.3, 0.4) is 0 Å². The van der Waals surface area contributed by atoms with Crippen LogP contribution in [0.5, 0.6) is 0 Å². The highest BCUT2D eigenvalue weighted by molar-refractivity contribution is 9.10. The van der Waals surface area contributed by atoms with Gasteiger partial charge in [-0.2, -0.15) is 0 Å². The molecule has 2 aliphatic rings. The van der Waals surface area contributed by atoms with Gasteiger partial charge in [0.1, 0.15) is 10.4 Å². The molecule has 1 amide bonds. The smallest absolute Gasteiger partial charge is 0.407 e. The van der Waals surface area contributed by atoms with Gasteiger partial charge in [-0.3, -0.25) is 0 Å². The molecule has 19 heavy (non-hydrogen) atoms. The average Bonchev–Trinajstić information content (AvgIpc) is 2.90. The fourth-order valence-corrected chi connectivity index (χ4v) is 3.37. The summed E-state index contributed by atoms with van der Waals surface area (Å²) in [7, 11) is 0. The van der Waals surface area contributed by atoms with Crippen LogP contribution in [-0.2, 0) is 0 Å². The molecule has 1 aromatic rings. The predicted octanol–water partition coefficient (Wildman–Crippen LogP) is 2.04. The molecule has 2 fully saturated rings. The first-order valence-corrected chi connectivity index (χ1v) is 7.13. The second kappa shape index (κ2) is 4.96. The maximum atomic E-state index is 10.9. The summed E-state index contributed by atoms with van der Waals surface area (Å²) in [5.41, 5.74) is 0. The third-order valence-corrected chi connectivity index (χ3v) is 4.40. The average molecular weight is 327 g/mol. The zero-order chi connectivity index (χ0) is 13.4. The van der Waals surface area contributed by atoms with Gasteiger partial charge >= 0.3 is 6.09 Å². The molecule has 3 rings (SSSR count). The molecule has 1 aliphatic heterocycles. The number of likely N-dealkylation sites (tertiary alicyclic amines) is 1. The summed E-state index contributed by atoms with van der Waals surface area (Å²) in [5, 5.41) is 12.4. The highest BCUT2D eigenvalue weighted by Crippen LogP contribution is 2.39. The third kappa shape index (κ3) is 2.65. The number of aromatic nitrogens is 2. The van der Waals surface area contributed by atoms with E-state index in [-0.39, 0.29) is 0 Å². The topological polar surface area (TPSA) is 78.4 Å². The maximum absolute atomic E-state index is 10.9. The zero-order valence-corrected chi connectivity index (χ0v) is 11.9. The molecule has 7 heteroatoms. The van der Waals surface area contributed by atoms with E-state index < -0.39 is 6.09 Å². The molecule has 2 N–H and O–H groups in total. The van der Waals surface area contributed by atoms with Crippen LogP contribution in [0.4, 0.5) is 10.6 Å². The molecule has 3 atom stereocenters. The van der Waals surface area contributed by atoms with E-state index in [0.717, 1.165) is 23.3 Å². The van der Waals surface area contributed by atoms with Gasteiger partial charge in [-0.05, 0) is 40.6 Å². The Morgan fingerprint density at radius 1 is 1.32 bits per heavy atom. The molecule has 0 radical (unpaired) electrons. The number of rotatable bonds is 2. The van der Waals surface area contributed by atoms with Crippen molar-refractivity contribution in [3.05, 3.63) is 17.0 Å². The number of carboxylic acid groups (broad SMARTS) is 1. The molecule has 1 saturated carbocycles. The van der Waals surface area contributed by atoms with Gasteiger partial charge in [0.2, 0.25) is 0 Å². The minimum Gasteiger partial charge on any atom is -0.465 e. The van der Waals surface area contributed by atoms with E-state index in [1.165, 1.54) is 4.90 Å². The van der Waals surface area contributed by atoms with Gasteiger partial charge in [0.05, 0.1) is 12.4 Å². The van der Waals surface area contributed by atoms with E-state index in [2.05, 4.69) is 31.2 Å². The lowest BCUT2D eigenvalue weighted by atomic mass is 10.0. The van der Waals surface area contributed by atoms with Gasteiger partial charge in [0, 0.05) is 19.1 Å². The Bertz CT molecular complexity index is 467. The quantitative estimate of drug-likeness (QED) is 0.869. The summed E-state index contributed by atoms with van der Waals surface area (Å²) in [4.78, 5) is 20.8. The largest absolute Gasteiger partial charge is 0.465 e. The lowest BCUT2D eigenvalue weighted by molar-refractivity contribution is 0.152. The number of hydrogen-bond acceptors (Lipinski definition) is 4. The van der Waals surface area contributed by atoms with Crippen LogP contribution >= 0.6 is 15.9 Å². The van der Waals surface area contributed by atoms with E-state index in [4.69, 9.17) is 5.11 Å². The van der Waals surface area contributed by atoms with Gasteiger partial charge in [-0.15, -0.1) is 0 Å². The lowest BCUT2D eigenvalue weighted by Gasteiger charge is -2.17. The van der Waals surface area contributed by atoms with Crippen molar-refractivity contribution >= 4 is 27.8 Å². The van der Waals surface area contributed by atoms with Crippen molar-refractivity contribution < 1.29 is 9.90 Å². The van der Waals surface area contributed by atoms with Gasteiger partial charge in [-0.1, -0.05) is 0 Å². The van der Waals surface area contributed by atoms with Gasteiger partial charge in [0.25, 0.3) is 0 Å². The molecule has 1 aromatic heterocycles. The Kier molecular flexibility index (Phi) is 3.30. The number of fused-ring (bicyclic) bond motifs is 1. The monoisotopic (exact) mass is 326 g/mol. The number of halogens is 1. The standard InChI is InChI=1S/C12H15BrN4O2/c13-10-3-15-11(4-14-10)16-9-1-7-5-17(12(18)19)6-8(7)2-9/h3-4,7-9H,1-2,5-6H2,(H,15,16)(H,18,19)/t7-,8+,9+. The highest BCUT2D eigenvalue weighted by Gasteiger charge is 2.42. The molecule has 6 nitrogen and oxygen atoms in total. The van der Waals surface area contributed by atoms with E-state index in [1.807, 2.05) is 0 Å². The first kappa shape index (κ1) is 12.7. The minimum absolute atomic E-state index is 0.376. The number of hydrogen-bond donors (Lipinski definition) is 2. The molecule has 1 saturated heterocycles. The number of nitrogens with one attached hydrogen (secondary N) is 1. The molecule has 102 valence electrons. The number of nitrogens with zero attached hydrogens (tertiary/aromatic N) is 3. The van der Waals surface area contributed by atoms with E-state index in [1.54, 1.807) is 12.4 Å². The molecule has 0 spiro atoms. The van der Waals surface area contributed by atoms with Crippen LogP contribution in [0.15, 0.2) is 17.0 Å². The van der Waals surface area contributed by atoms with Crippen LogP contribution in [0, 0.1) is 11.8 Å². The van der Waals surface area contributed by atoms with Crippen LogP contribution in [0.2, 0.25) is 0 Å². The Labute approximate surface area is 119 Å². The van der Waals surface area contributed by atoms with Gasteiger partial charge in [-0.25, -0.2) is 14.8 Å². The normalized spacial score (nSPS) is 29.3. The van der Waals surface area contributed by atoms with Gasteiger partial charge in [0.15, 0.2) is 0 Å². The maximum Gasteiger partial charge on any atom is 0.407 e. The molecule has 0 bridgehead atoms. The number of anilines is 1. The summed E-state index contributed by atoms with van der Waals surface area (Å²) in [6.07, 6.45) is 4.60. The fraction of sp³-hybridized carbons (Fsp3) is 0.583. The van der Waals surface area contributed by atoms with Crippen molar-refractivity contribution in [3.63, 3.8) is 0 Å². The molecular formula is C12H15BrN4O2. The Hall–Kier alpha value is -1.37. The second-order valence-corrected chi connectivity index (χ2v) is 6.06. The lowest BCUT2D eigenvalue weighted by Crippen LogP contribution is -2.29. The number of amides is 1. The van der Waals surface area contributed by atoms with E-state index >= 15 is 0 Å². The predicted molar refractivity (Wildman–Crippen MR) is 73.0 cm³/mol. The van der Waals surface area contributed by atoms with Crippen molar-refractivity contribution in [2.24, 2.45) is 11.8 Å². The molecule has 2 heterocycles. The number of carbonyl (C=O) groups is 1. The first-order chi connectivity index (χ1) is 9.11. The SMILES string of the molecule is O=C(O)N1C[C@H]2C[C@H](Nc3cnc(Br)cn3)C[C@H]2C1. The van der Waals surface area contributed by atoms with Crippen LogP contribution < -0.4 is 5.32 Å². The van der Waals surface area contributed by atoms with E-state index in [9.17, 15) is 4.79 Å². The summed E-state index contributed by atoms with van der Waals surface area (Å²) in [6.45, 7) is 1.34. The summed E-state index contributed by atoms with van der Waals surface area (Å²) >= 11 is 3.26. The highest BCUT2D eigenvalue weighted by atomic mass is 79.9. The van der Waals surface area contributed by atoms with Crippen LogP contribution in [0.1, 0.15) is 12.8 Å². The van der Waals surface area contributed by atoms with Crippen molar-refractivity contribution in [1.29, 1.82) is 0 Å². The summed E-state index contributed by atoms with van der Waals surface area (Å²) in [6, 6.07) is 0.376. The Morgan fingerprint density at radius 3 is 2.53 bits per heavy atom. The van der Waals surface area contributed by atoms with Crippen LogP contribution in [0.25, 0.3) is 0 Å². The molecule has 0 unspecified atom stereocenters. The van der Waals surface area contributed by atoms with Crippen molar-refractivity contribution in [3.8, 4) is 0 Å². The minimum atomic E-state index is -0.794. The van der Waals surface area contributed by atoms with Gasteiger partial charge < -0.3 is 15.3 Å².